The fraction of sp³-hybridized carbons (Fsp3) is 0.278. The zero-order valence-corrected chi connectivity index (χ0v) is 16.6. The van der Waals surface area contributed by atoms with Crippen molar-refractivity contribution < 1.29 is 9.18 Å². The normalized spacial score (nSPS) is 10.7. The van der Waals surface area contributed by atoms with Gasteiger partial charge in [-0.15, -0.1) is 11.8 Å². The largest absolute Gasteiger partial charge is 0.355 e. The van der Waals surface area contributed by atoms with E-state index < -0.39 is 0 Å². The van der Waals surface area contributed by atoms with Crippen molar-refractivity contribution in [3.05, 3.63) is 69.5 Å². The molecular formula is C18H18Cl2FNOS2. The summed E-state index contributed by atoms with van der Waals surface area (Å²) in [6.07, 6.45) is 0. The van der Waals surface area contributed by atoms with Gasteiger partial charge in [0.2, 0.25) is 5.91 Å². The summed E-state index contributed by atoms with van der Waals surface area (Å²) in [5.41, 5.74) is 2.12. The van der Waals surface area contributed by atoms with E-state index in [1.165, 1.54) is 23.9 Å². The molecule has 0 heterocycles. The number of carbonyl (C=O) groups is 1. The number of rotatable bonds is 9. The predicted octanol–water partition coefficient (Wildman–Crippen LogP) is 5.42. The molecule has 2 aromatic carbocycles. The van der Waals surface area contributed by atoms with Crippen LogP contribution in [0.5, 0.6) is 0 Å². The van der Waals surface area contributed by atoms with E-state index in [0.29, 0.717) is 28.1 Å². The fourth-order valence-corrected chi connectivity index (χ4v) is 3.92. The Morgan fingerprint density at radius 3 is 2.36 bits per heavy atom. The van der Waals surface area contributed by atoms with Crippen molar-refractivity contribution in [2.24, 2.45) is 0 Å². The number of hydrogen-bond acceptors (Lipinski definition) is 3. The molecule has 2 nitrogen and oxygen atoms in total. The van der Waals surface area contributed by atoms with Crippen LogP contribution in [0, 0.1) is 5.82 Å². The van der Waals surface area contributed by atoms with Crippen LogP contribution >= 0.6 is 46.7 Å². The lowest BCUT2D eigenvalue weighted by Gasteiger charge is -2.06. The molecule has 0 saturated heterocycles. The Morgan fingerprint density at radius 2 is 1.64 bits per heavy atom. The van der Waals surface area contributed by atoms with Gasteiger partial charge in [-0.1, -0.05) is 41.4 Å². The third-order valence-corrected chi connectivity index (χ3v) is 6.01. The van der Waals surface area contributed by atoms with Crippen molar-refractivity contribution in [1.29, 1.82) is 0 Å². The van der Waals surface area contributed by atoms with Gasteiger partial charge in [-0.25, -0.2) is 4.39 Å². The second-order valence-electron chi connectivity index (χ2n) is 5.27. The summed E-state index contributed by atoms with van der Waals surface area (Å²) in [6.45, 7) is 0.627. The number of halogens is 3. The maximum atomic E-state index is 12.8. The highest BCUT2D eigenvalue weighted by atomic mass is 35.5. The highest BCUT2D eigenvalue weighted by Crippen LogP contribution is 2.24. The molecule has 1 N–H and O–H groups in total. The molecule has 0 aliphatic heterocycles. The summed E-state index contributed by atoms with van der Waals surface area (Å²) < 4.78 is 12.8. The quantitative estimate of drug-likeness (QED) is 0.552. The van der Waals surface area contributed by atoms with Gasteiger partial charge in [0.15, 0.2) is 0 Å². The fourth-order valence-electron chi connectivity index (χ4n) is 1.98. The first-order chi connectivity index (χ1) is 12.0. The number of thioether (sulfide) groups is 2. The molecule has 0 unspecified atom stereocenters. The zero-order valence-electron chi connectivity index (χ0n) is 13.4. The lowest BCUT2D eigenvalue weighted by molar-refractivity contribution is -0.118. The maximum Gasteiger partial charge on any atom is 0.230 e. The summed E-state index contributed by atoms with van der Waals surface area (Å²) in [5, 5.41) is 4.01. The van der Waals surface area contributed by atoms with Gasteiger partial charge in [-0.3, -0.25) is 4.79 Å². The van der Waals surface area contributed by atoms with Gasteiger partial charge >= 0.3 is 0 Å². The first-order valence-electron chi connectivity index (χ1n) is 7.65. The molecule has 134 valence electrons. The molecular weight excluding hydrogens is 400 g/mol. The van der Waals surface area contributed by atoms with Crippen LogP contribution in [0.25, 0.3) is 0 Å². The number of nitrogens with one attached hydrogen (secondary N) is 1. The van der Waals surface area contributed by atoms with Crippen LogP contribution < -0.4 is 5.32 Å². The van der Waals surface area contributed by atoms with Gasteiger partial charge in [-0.2, -0.15) is 11.8 Å². The zero-order chi connectivity index (χ0) is 18.1. The molecule has 2 rings (SSSR count). The minimum Gasteiger partial charge on any atom is -0.355 e. The van der Waals surface area contributed by atoms with Gasteiger partial charge in [-0.05, 0) is 35.4 Å². The van der Waals surface area contributed by atoms with E-state index in [9.17, 15) is 9.18 Å². The topological polar surface area (TPSA) is 29.1 Å². The summed E-state index contributed by atoms with van der Waals surface area (Å²) in [4.78, 5) is 11.8. The minimum atomic E-state index is -0.245. The Bertz CT molecular complexity index is 698. The van der Waals surface area contributed by atoms with Crippen LogP contribution in [0.1, 0.15) is 11.1 Å². The summed E-state index contributed by atoms with van der Waals surface area (Å²) >= 11 is 15.1. The standard InChI is InChI=1S/C18H18Cl2FNOS2/c19-16-6-3-14(9-17(16)20)11-24-8-7-22-18(23)12-25-10-13-1-4-15(21)5-2-13/h1-6,9H,7-8,10-12H2,(H,22,23). The molecule has 0 aromatic heterocycles. The minimum absolute atomic E-state index is 0.0160. The van der Waals surface area contributed by atoms with E-state index in [-0.39, 0.29) is 11.7 Å². The van der Waals surface area contributed by atoms with Gasteiger partial charge in [0.25, 0.3) is 0 Å². The molecule has 0 saturated carbocycles. The monoisotopic (exact) mass is 417 g/mol. The first-order valence-corrected chi connectivity index (χ1v) is 10.7. The van der Waals surface area contributed by atoms with Crippen LogP contribution in [-0.4, -0.2) is 24.0 Å². The third-order valence-electron chi connectivity index (χ3n) is 3.24. The van der Waals surface area contributed by atoms with Crippen molar-refractivity contribution in [1.82, 2.24) is 5.32 Å². The summed E-state index contributed by atoms with van der Waals surface area (Å²) in [6, 6.07) is 11.9. The molecule has 7 heteroatoms. The van der Waals surface area contributed by atoms with E-state index >= 15 is 0 Å². The lowest BCUT2D eigenvalue weighted by atomic mass is 10.2. The SMILES string of the molecule is O=C(CSCc1ccc(F)cc1)NCCSCc1ccc(Cl)c(Cl)c1. The van der Waals surface area contributed by atoms with Crippen molar-refractivity contribution in [2.75, 3.05) is 18.1 Å². The van der Waals surface area contributed by atoms with Crippen molar-refractivity contribution in [3.8, 4) is 0 Å². The van der Waals surface area contributed by atoms with Crippen LogP contribution in [0.4, 0.5) is 4.39 Å². The van der Waals surface area contributed by atoms with Crippen LogP contribution in [0.15, 0.2) is 42.5 Å². The molecule has 0 fully saturated rings. The lowest BCUT2D eigenvalue weighted by Crippen LogP contribution is -2.27. The molecule has 0 atom stereocenters. The van der Waals surface area contributed by atoms with Crippen molar-refractivity contribution in [3.63, 3.8) is 0 Å². The number of carbonyl (C=O) groups excluding carboxylic acids is 1. The van der Waals surface area contributed by atoms with Crippen LogP contribution in [-0.2, 0) is 16.3 Å². The maximum absolute atomic E-state index is 12.8. The van der Waals surface area contributed by atoms with Crippen LogP contribution in [0.2, 0.25) is 10.0 Å². The first kappa shape index (κ1) is 20.4. The molecule has 0 spiro atoms. The number of amides is 1. The second kappa shape index (κ2) is 11.0. The average molecular weight is 418 g/mol. The van der Waals surface area contributed by atoms with Crippen molar-refractivity contribution in [2.45, 2.75) is 11.5 Å². The molecule has 0 bridgehead atoms. The molecule has 25 heavy (non-hydrogen) atoms. The Kier molecular flexibility index (Phi) is 8.96. The molecule has 1 amide bonds. The molecule has 0 aliphatic rings. The molecule has 0 aliphatic carbocycles. The Balaban J connectivity index is 1.54. The van der Waals surface area contributed by atoms with E-state index in [4.69, 9.17) is 23.2 Å². The Morgan fingerprint density at radius 1 is 0.960 bits per heavy atom. The van der Waals surface area contributed by atoms with E-state index in [1.54, 1.807) is 30.0 Å². The second-order valence-corrected chi connectivity index (χ2v) is 8.18. The smallest absolute Gasteiger partial charge is 0.230 e. The van der Waals surface area contributed by atoms with Gasteiger partial charge in [0, 0.05) is 23.8 Å². The molecule has 2 aromatic rings. The average Bonchev–Trinajstić information content (AvgIpc) is 2.59. The van der Waals surface area contributed by atoms with Gasteiger partial charge in [0.1, 0.15) is 5.82 Å². The van der Waals surface area contributed by atoms with E-state index in [0.717, 1.165) is 22.6 Å². The highest BCUT2D eigenvalue weighted by Gasteiger charge is 2.03. The third kappa shape index (κ3) is 7.90. The van der Waals surface area contributed by atoms with Crippen LogP contribution in [0.3, 0.4) is 0 Å². The number of hydrogen-bond donors (Lipinski definition) is 1. The van der Waals surface area contributed by atoms with E-state index in [1.807, 2.05) is 12.1 Å². The number of benzene rings is 2. The summed E-state index contributed by atoms with van der Waals surface area (Å²) in [5.74, 6) is 2.52. The van der Waals surface area contributed by atoms with Gasteiger partial charge < -0.3 is 5.32 Å². The predicted molar refractivity (Wildman–Crippen MR) is 108 cm³/mol. The Hall–Kier alpha value is -0.880. The highest BCUT2D eigenvalue weighted by molar-refractivity contribution is 7.99. The summed E-state index contributed by atoms with van der Waals surface area (Å²) in [7, 11) is 0. The van der Waals surface area contributed by atoms with Gasteiger partial charge in [0.05, 0.1) is 15.8 Å². The van der Waals surface area contributed by atoms with E-state index in [2.05, 4.69) is 5.32 Å². The Labute approximate surface area is 165 Å². The molecule has 0 radical (unpaired) electrons. The van der Waals surface area contributed by atoms with Crippen molar-refractivity contribution >= 4 is 52.6 Å².